The molecular weight excluding hydrogens is 262 g/mol. The number of anilines is 1. The van der Waals surface area contributed by atoms with Crippen molar-refractivity contribution in [2.24, 2.45) is 0 Å². The molecular formula is C16H17N5. The van der Waals surface area contributed by atoms with Gasteiger partial charge in [0.1, 0.15) is 17.5 Å². The highest BCUT2D eigenvalue weighted by Crippen LogP contribution is 2.20. The molecule has 0 unspecified atom stereocenters. The van der Waals surface area contributed by atoms with Crippen LogP contribution in [0.25, 0.3) is 17.2 Å². The van der Waals surface area contributed by atoms with Gasteiger partial charge in [-0.1, -0.05) is 30.3 Å². The molecule has 3 rings (SSSR count). The molecule has 1 N–H and O–H groups in total. The first-order chi connectivity index (χ1) is 10.3. The van der Waals surface area contributed by atoms with Crippen LogP contribution in [0.2, 0.25) is 0 Å². The molecule has 0 bridgehead atoms. The van der Waals surface area contributed by atoms with Gasteiger partial charge in [0.05, 0.1) is 0 Å². The second kappa shape index (κ2) is 5.75. The summed E-state index contributed by atoms with van der Waals surface area (Å²) in [6, 6.07) is 11.9. The van der Waals surface area contributed by atoms with Crippen molar-refractivity contribution in [2.75, 3.05) is 11.9 Å². The zero-order valence-corrected chi connectivity index (χ0v) is 12.1. The van der Waals surface area contributed by atoms with E-state index in [-0.39, 0.29) is 0 Å². The monoisotopic (exact) mass is 279 g/mol. The van der Waals surface area contributed by atoms with Gasteiger partial charge in [0.15, 0.2) is 5.82 Å². The lowest BCUT2D eigenvalue weighted by Gasteiger charge is -2.10. The molecule has 21 heavy (non-hydrogen) atoms. The number of nitrogens with one attached hydrogen (secondary N) is 1. The molecule has 2 aromatic heterocycles. The molecule has 3 aromatic rings. The second-order valence-electron chi connectivity index (χ2n) is 4.68. The number of nitrogens with zero attached hydrogens (tertiary/aromatic N) is 4. The molecule has 0 amide bonds. The third kappa shape index (κ3) is 2.76. The third-order valence-corrected chi connectivity index (χ3v) is 3.18. The largest absolute Gasteiger partial charge is 0.370 e. The van der Waals surface area contributed by atoms with Crippen molar-refractivity contribution in [3.05, 3.63) is 54.6 Å². The van der Waals surface area contributed by atoms with Crippen molar-refractivity contribution in [3.63, 3.8) is 0 Å². The Hall–Kier alpha value is -2.69. The first kappa shape index (κ1) is 13.3. The second-order valence-corrected chi connectivity index (χ2v) is 4.68. The lowest BCUT2D eigenvalue weighted by molar-refractivity contribution is 0.922. The summed E-state index contributed by atoms with van der Waals surface area (Å²) >= 11 is 0. The molecule has 5 heteroatoms. The third-order valence-electron chi connectivity index (χ3n) is 3.18. The lowest BCUT2D eigenvalue weighted by atomic mass is 10.2. The van der Waals surface area contributed by atoms with Crippen LogP contribution in [0.1, 0.15) is 12.7 Å². The van der Waals surface area contributed by atoms with Crippen LogP contribution in [0.5, 0.6) is 0 Å². The fraction of sp³-hybridized carbons (Fsp3) is 0.188. The Kier molecular flexibility index (Phi) is 3.64. The van der Waals surface area contributed by atoms with E-state index in [1.807, 2.05) is 61.0 Å². The van der Waals surface area contributed by atoms with Crippen LogP contribution in [-0.4, -0.2) is 26.1 Å². The van der Waals surface area contributed by atoms with Gasteiger partial charge in [-0.2, -0.15) is 0 Å². The SMILES string of the molecule is CCNc1cc(-n2ccnc2C)nc(-c2ccccc2)n1. The molecule has 0 fully saturated rings. The normalized spacial score (nSPS) is 10.6. The van der Waals surface area contributed by atoms with Crippen LogP contribution in [0.3, 0.4) is 0 Å². The maximum Gasteiger partial charge on any atom is 0.163 e. The Labute approximate surface area is 123 Å². The molecule has 0 spiro atoms. The highest BCUT2D eigenvalue weighted by Gasteiger charge is 2.09. The van der Waals surface area contributed by atoms with Crippen molar-refractivity contribution < 1.29 is 0 Å². The van der Waals surface area contributed by atoms with E-state index in [4.69, 9.17) is 0 Å². The zero-order valence-electron chi connectivity index (χ0n) is 12.1. The number of imidazole rings is 1. The quantitative estimate of drug-likeness (QED) is 0.797. The summed E-state index contributed by atoms with van der Waals surface area (Å²) in [5, 5.41) is 3.25. The van der Waals surface area contributed by atoms with Crippen LogP contribution in [0, 0.1) is 6.92 Å². The average Bonchev–Trinajstić information content (AvgIpc) is 2.94. The van der Waals surface area contributed by atoms with Crippen molar-refractivity contribution in [1.29, 1.82) is 0 Å². The minimum Gasteiger partial charge on any atom is -0.370 e. The average molecular weight is 279 g/mol. The summed E-state index contributed by atoms with van der Waals surface area (Å²) in [6.07, 6.45) is 3.68. The van der Waals surface area contributed by atoms with Gasteiger partial charge in [-0.15, -0.1) is 0 Å². The van der Waals surface area contributed by atoms with Crippen molar-refractivity contribution in [3.8, 4) is 17.2 Å². The molecule has 106 valence electrons. The first-order valence-electron chi connectivity index (χ1n) is 6.96. The summed E-state index contributed by atoms with van der Waals surface area (Å²) in [5.74, 6) is 3.23. The Morgan fingerprint density at radius 1 is 1.14 bits per heavy atom. The van der Waals surface area contributed by atoms with E-state index in [2.05, 4.69) is 20.3 Å². The van der Waals surface area contributed by atoms with Gasteiger partial charge in [0.25, 0.3) is 0 Å². The van der Waals surface area contributed by atoms with Gasteiger partial charge in [-0.05, 0) is 13.8 Å². The van der Waals surface area contributed by atoms with Gasteiger partial charge in [-0.3, -0.25) is 4.57 Å². The summed E-state index contributed by atoms with van der Waals surface area (Å²) in [7, 11) is 0. The number of rotatable bonds is 4. The maximum absolute atomic E-state index is 4.66. The van der Waals surface area contributed by atoms with Gasteiger partial charge < -0.3 is 5.32 Å². The molecule has 0 saturated carbocycles. The molecule has 5 nitrogen and oxygen atoms in total. The highest BCUT2D eigenvalue weighted by molar-refractivity contribution is 5.59. The van der Waals surface area contributed by atoms with Gasteiger partial charge in [0, 0.05) is 30.6 Å². The van der Waals surface area contributed by atoms with Crippen LogP contribution >= 0.6 is 0 Å². The Morgan fingerprint density at radius 2 is 1.95 bits per heavy atom. The predicted molar refractivity (Wildman–Crippen MR) is 83.5 cm³/mol. The number of benzene rings is 1. The minimum absolute atomic E-state index is 0.706. The van der Waals surface area contributed by atoms with E-state index >= 15 is 0 Å². The summed E-state index contributed by atoms with van der Waals surface area (Å²) in [6.45, 7) is 4.82. The topological polar surface area (TPSA) is 55.6 Å². The van der Waals surface area contributed by atoms with E-state index in [9.17, 15) is 0 Å². The molecule has 0 aliphatic rings. The van der Waals surface area contributed by atoms with E-state index in [0.717, 1.165) is 29.6 Å². The first-order valence-corrected chi connectivity index (χ1v) is 6.96. The number of aromatic nitrogens is 4. The fourth-order valence-electron chi connectivity index (χ4n) is 2.17. The van der Waals surface area contributed by atoms with Crippen LogP contribution < -0.4 is 5.32 Å². The molecule has 0 aliphatic carbocycles. The summed E-state index contributed by atoms with van der Waals surface area (Å²) < 4.78 is 1.95. The van der Waals surface area contributed by atoms with Crippen LogP contribution in [0.15, 0.2) is 48.8 Å². The Morgan fingerprint density at radius 3 is 2.62 bits per heavy atom. The molecule has 0 radical (unpaired) electrons. The smallest absolute Gasteiger partial charge is 0.163 e. The van der Waals surface area contributed by atoms with Gasteiger partial charge >= 0.3 is 0 Å². The van der Waals surface area contributed by atoms with Crippen LogP contribution in [-0.2, 0) is 0 Å². The number of hydrogen-bond donors (Lipinski definition) is 1. The molecule has 0 aliphatic heterocycles. The van der Waals surface area contributed by atoms with Crippen molar-refractivity contribution >= 4 is 5.82 Å². The summed E-state index contributed by atoms with van der Waals surface area (Å²) in [5.41, 5.74) is 0.997. The lowest BCUT2D eigenvalue weighted by Crippen LogP contribution is -2.06. The molecule has 2 heterocycles. The Balaban J connectivity index is 2.13. The van der Waals surface area contributed by atoms with Gasteiger partial charge in [0.2, 0.25) is 0 Å². The van der Waals surface area contributed by atoms with E-state index in [1.54, 1.807) is 6.20 Å². The van der Waals surface area contributed by atoms with E-state index in [1.165, 1.54) is 0 Å². The predicted octanol–water partition coefficient (Wildman–Crippen LogP) is 3.07. The number of hydrogen-bond acceptors (Lipinski definition) is 4. The van der Waals surface area contributed by atoms with E-state index < -0.39 is 0 Å². The zero-order chi connectivity index (χ0) is 14.7. The standard InChI is InChI=1S/C16H17N5/c1-3-17-14-11-15(21-10-9-18-12(21)2)20-16(19-14)13-7-5-4-6-8-13/h4-11H,3H2,1-2H3,(H,17,19,20). The minimum atomic E-state index is 0.706. The van der Waals surface area contributed by atoms with Crippen LogP contribution in [0.4, 0.5) is 5.82 Å². The maximum atomic E-state index is 4.66. The summed E-state index contributed by atoms with van der Waals surface area (Å²) in [4.78, 5) is 13.5. The van der Waals surface area contributed by atoms with Gasteiger partial charge in [-0.25, -0.2) is 15.0 Å². The Bertz CT molecular complexity index is 733. The van der Waals surface area contributed by atoms with Crippen molar-refractivity contribution in [1.82, 2.24) is 19.5 Å². The van der Waals surface area contributed by atoms with E-state index in [0.29, 0.717) is 5.82 Å². The molecule has 1 aromatic carbocycles. The fourth-order valence-corrected chi connectivity index (χ4v) is 2.17. The van der Waals surface area contributed by atoms with Crippen molar-refractivity contribution in [2.45, 2.75) is 13.8 Å². The number of aryl methyl sites for hydroxylation is 1. The molecule has 0 atom stereocenters. The highest BCUT2D eigenvalue weighted by atomic mass is 15.1. The molecule has 0 saturated heterocycles.